The van der Waals surface area contributed by atoms with Crippen molar-refractivity contribution in [3.05, 3.63) is 52.8 Å². The van der Waals surface area contributed by atoms with Crippen LogP contribution in [0.2, 0.25) is 0 Å². The van der Waals surface area contributed by atoms with Crippen LogP contribution in [0, 0.1) is 13.8 Å². The fourth-order valence-electron chi connectivity index (χ4n) is 3.45. The first-order valence-corrected chi connectivity index (χ1v) is 9.33. The maximum absolute atomic E-state index is 12.4. The molecule has 1 amide bonds. The summed E-state index contributed by atoms with van der Waals surface area (Å²) < 4.78 is 2.02. The molecular weight excluding hydrogens is 326 g/mol. The third-order valence-electron chi connectivity index (χ3n) is 5.15. The number of benzene rings is 1. The first kappa shape index (κ1) is 18.6. The molecule has 1 aliphatic rings. The van der Waals surface area contributed by atoms with Gasteiger partial charge in [-0.05, 0) is 26.3 Å². The highest BCUT2D eigenvalue weighted by Gasteiger charge is 2.20. The Hall–Kier alpha value is -2.18. The number of rotatable bonds is 6. The van der Waals surface area contributed by atoms with Crippen LogP contribution >= 0.6 is 0 Å². The number of carbonyl (C=O) groups excluding carboxylic acids is 1. The largest absolute Gasteiger partial charge is 0.351 e. The van der Waals surface area contributed by atoms with E-state index in [2.05, 4.69) is 46.6 Å². The van der Waals surface area contributed by atoms with E-state index in [-0.39, 0.29) is 5.91 Å². The van der Waals surface area contributed by atoms with E-state index in [0.717, 1.165) is 43.1 Å². The van der Waals surface area contributed by atoms with Crippen LogP contribution in [0.1, 0.15) is 29.4 Å². The third-order valence-corrected chi connectivity index (χ3v) is 5.15. The molecule has 26 heavy (non-hydrogen) atoms. The SMILES string of the molecule is Cc1nn(Cc2ccccc2)c(C)c1CNC(=O)CN1CCNC[C@@H]1C. The number of hydrogen-bond donors (Lipinski definition) is 2. The van der Waals surface area contributed by atoms with E-state index in [9.17, 15) is 4.79 Å². The fourth-order valence-corrected chi connectivity index (χ4v) is 3.45. The first-order valence-electron chi connectivity index (χ1n) is 9.33. The lowest BCUT2D eigenvalue weighted by molar-refractivity contribution is -0.123. The van der Waals surface area contributed by atoms with Gasteiger partial charge in [-0.3, -0.25) is 14.4 Å². The highest BCUT2D eigenvalue weighted by Crippen LogP contribution is 2.14. The van der Waals surface area contributed by atoms with Crippen LogP contribution in [0.3, 0.4) is 0 Å². The molecule has 2 heterocycles. The molecule has 1 aromatic carbocycles. The highest BCUT2D eigenvalue weighted by molar-refractivity contribution is 5.78. The van der Waals surface area contributed by atoms with Crippen molar-refractivity contribution in [3.63, 3.8) is 0 Å². The molecule has 1 saturated heterocycles. The zero-order chi connectivity index (χ0) is 18.5. The number of hydrogen-bond acceptors (Lipinski definition) is 4. The van der Waals surface area contributed by atoms with Gasteiger partial charge in [0.2, 0.25) is 5.91 Å². The lowest BCUT2D eigenvalue weighted by Gasteiger charge is -2.33. The summed E-state index contributed by atoms with van der Waals surface area (Å²) in [6.45, 7) is 10.8. The Morgan fingerprint density at radius 1 is 1.31 bits per heavy atom. The molecule has 0 unspecified atom stereocenters. The van der Waals surface area contributed by atoms with Crippen LogP contribution in [0.5, 0.6) is 0 Å². The van der Waals surface area contributed by atoms with Crippen molar-refractivity contribution in [1.82, 2.24) is 25.3 Å². The monoisotopic (exact) mass is 355 g/mol. The van der Waals surface area contributed by atoms with Gasteiger partial charge in [0.25, 0.3) is 0 Å². The Bertz CT molecular complexity index is 740. The molecule has 140 valence electrons. The number of piperazine rings is 1. The number of aryl methyl sites for hydroxylation is 1. The summed E-state index contributed by atoms with van der Waals surface area (Å²) in [4.78, 5) is 14.6. The van der Waals surface area contributed by atoms with Gasteiger partial charge in [0.15, 0.2) is 0 Å². The second-order valence-electron chi connectivity index (χ2n) is 7.09. The van der Waals surface area contributed by atoms with Crippen LogP contribution in [0.25, 0.3) is 0 Å². The average molecular weight is 355 g/mol. The molecule has 0 radical (unpaired) electrons. The predicted molar refractivity (Wildman–Crippen MR) is 103 cm³/mol. The second-order valence-corrected chi connectivity index (χ2v) is 7.09. The second kappa shape index (κ2) is 8.47. The van der Waals surface area contributed by atoms with Gasteiger partial charge >= 0.3 is 0 Å². The van der Waals surface area contributed by atoms with Gasteiger partial charge in [0, 0.05) is 43.5 Å². The molecule has 0 aliphatic carbocycles. The normalized spacial score (nSPS) is 18.0. The maximum atomic E-state index is 12.4. The van der Waals surface area contributed by atoms with Crippen LogP contribution in [0.15, 0.2) is 30.3 Å². The summed E-state index contributed by atoms with van der Waals surface area (Å²) in [5.41, 5.74) is 4.43. The minimum absolute atomic E-state index is 0.0772. The minimum Gasteiger partial charge on any atom is -0.351 e. The van der Waals surface area contributed by atoms with Gasteiger partial charge < -0.3 is 10.6 Å². The van der Waals surface area contributed by atoms with Gasteiger partial charge in [0.05, 0.1) is 18.8 Å². The molecule has 3 rings (SSSR count). The van der Waals surface area contributed by atoms with E-state index in [1.165, 1.54) is 5.56 Å². The van der Waals surface area contributed by atoms with Crippen LogP contribution in [0.4, 0.5) is 0 Å². The van der Waals surface area contributed by atoms with Gasteiger partial charge in [-0.15, -0.1) is 0 Å². The summed E-state index contributed by atoms with van der Waals surface area (Å²) in [5, 5.41) is 11.1. The van der Waals surface area contributed by atoms with E-state index in [4.69, 9.17) is 0 Å². The molecule has 2 aromatic rings. The average Bonchev–Trinajstić information content (AvgIpc) is 2.89. The van der Waals surface area contributed by atoms with Gasteiger partial charge in [-0.25, -0.2) is 0 Å². The van der Waals surface area contributed by atoms with Crippen molar-refractivity contribution in [2.24, 2.45) is 0 Å². The van der Waals surface area contributed by atoms with Crippen molar-refractivity contribution in [2.45, 2.75) is 39.9 Å². The number of aromatic nitrogens is 2. The quantitative estimate of drug-likeness (QED) is 0.824. The number of carbonyl (C=O) groups is 1. The summed E-state index contributed by atoms with van der Waals surface area (Å²) in [6.07, 6.45) is 0. The Labute approximate surface area is 155 Å². The van der Waals surface area contributed by atoms with Gasteiger partial charge in [0.1, 0.15) is 0 Å². The fraction of sp³-hybridized carbons (Fsp3) is 0.500. The molecule has 0 saturated carbocycles. The number of amides is 1. The van der Waals surface area contributed by atoms with E-state index in [0.29, 0.717) is 19.1 Å². The Balaban J connectivity index is 1.58. The van der Waals surface area contributed by atoms with E-state index >= 15 is 0 Å². The molecule has 1 aromatic heterocycles. The van der Waals surface area contributed by atoms with Gasteiger partial charge in [-0.2, -0.15) is 5.10 Å². The molecule has 1 fully saturated rings. The van der Waals surface area contributed by atoms with Crippen molar-refractivity contribution >= 4 is 5.91 Å². The van der Waals surface area contributed by atoms with Crippen molar-refractivity contribution in [2.75, 3.05) is 26.2 Å². The summed E-state index contributed by atoms with van der Waals surface area (Å²) in [7, 11) is 0. The van der Waals surface area contributed by atoms with E-state index < -0.39 is 0 Å². The number of nitrogens with zero attached hydrogens (tertiary/aromatic N) is 3. The minimum atomic E-state index is 0.0772. The standard InChI is InChI=1S/C20H29N5O/c1-15-11-21-9-10-24(15)14-20(26)22-12-19-16(2)23-25(17(19)3)13-18-7-5-4-6-8-18/h4-8,15,21H,9-14H2,1-3H3,(H,22,26)/t15-/m0/s1. The zero-order valence-electron chi connectivity index (χ0n) is 16.0. The molecule has 0 bridgehead atoms. The van der Waals surface area contributed by atoms with Crippen LogP contribution in [-0.4, -0.2) is 52.8 Å². The summed E-state index contributed by atoms with van der Waals surface area (Å²) in [5.74, 6) is 0.0772. The lowest BCUT2D eigenvalue weighted by atomic mass is 10.2. The lowest BCUT2D eigenvalue weighted by Crippen LogP contribution is -2.52. The van der Waals surface area contributed by atoms with Crippen molar-refractivity contribution < 1.29 is 4.79 Å². The van der Waals surface area contributed by atoms with Crippen LogP contribution < -0.4 is 10.6 Å². The van der Waals surface area contributed by atoms with Crippen molar-refractivity contribution in [1.29, 1.82) is 0 Å². The maximum Gasteiger partial charge on any atom is 0.234 e. The third kappa shape index (κ3) is 4.51. The first-order chi connectivity index (χ1) is 12.5. The topological polar surface area (TPSA) is 62.2 Å². The van der Waals surface area contributed by atoms with Gasteiger partial charge in [-0.1, -0.05) is 30.3 Å². The zero-order valence-corrected chi connectivity index (χ0v) is 16.0. The Kier molecular flexibility index (Phi) is 6.06. The molecule has 2 N–H and O–H groups in total. The van der Waals surface area contributed by atoms with Crippen molar-refractivity contribution in [3.8, 4) is 0 Å². The van der Waals surface area contributed by atoms with Crippen LogP contribution in [-0.2, 0) is 17.9 Å². The summed E-state index contributed by atoms with van der Waals surface area (Å²) >= 11 is 0. The summed E-state index contributed by atoms with van der Waals surface area (Å²) in [6, 6.07) is 10.7. The smallest absolute Gasteiger partial charge is 0.234 e. The molecule has 1 aliphatic heterocycles. The Morgan fingerprint density at radius 2 is 2.08 bits per heavy atom. The molecule has 1 atom stereocenters. The molecule has 6 nitrogen and oxygen atoms in total. The highest BCUT2D eigenvalue weighted by atomic mass is 16.2. The van der Waals surface area contributed by atoms with E-state index in [1.807, 2.05) is 29.8 Å². The van der Waals surface area contributed by atoms with E-state index in [1.54, 1.807) is 0 Å². The molecule has 0 spiro atoms. The predicted octanol–water partition coefficient (Wildman–Crippen LogP) is 1.46. The Morgan fingerprint density at radius 3 is 2.81 bits per heavy atom. The molecular formula is C20H29N5O. The molecule has 6 heteroatoms. The number of nitrogens with one attached hydrogen (secondary N) is 2.